The van der Waals surface area contributed by atoms with E-state index in [0.29, 0.717) is 27.3 Å². The molecule has 30 heavy (non-hydrogen) atoms. The summed E-state index contributed by atoms with van der Waals surface area (Å²) in [6, 6.07) is 15.2. The molecular formula is C21H22ClN5O2S. The molecule has 3 amide bonds. The maximum Gasteiger partial charge on any atom is 0.319 e. The van der Waals surface area contributed by atoms with Crippen LogP contribution in [0.5, 0.6) is 0 Å². The number of hydrogen-bond donors (Lipinski definition) is 3. The van der Waals surface area contributed by atoms with Gasteiger partial charge in [-0.15, -0.1) is 10.2 Å². The van der Waals surface area contributed by atoms with Gasteiger partial charge in [-0.05, 0) is 24.1 Å². The minimum Gasteiger partial charge on any atom is -0.326 e. The van der Waals surface area contributed by atoms with E-state index in [2.05, 4.69) is 26.1 Å². The number of amides is 3. The van der Waals surface area contributed by atoms with Gasteiger partial charge >= 0.3 is 6.03 Å². The number of nitrogens with zero attached hydrogens (tertiary/aromatic N) is 2. The smallest absolute Gasteiger partial charge is 0.319 e. The minimum absolute atomic E-state index is 0.0865. The van der Waals surface area contributed by atoms with E-state index in [4.69, 9.17) is 11.6 Å². The first-order valence-corrected chi connectivity index (χ1v) is 10.7. The number of benzene rings is 2. The normalized spacial score (nSPS) is 12.6. The third-order valence-corrected chi connectivity index (χ3v) is 5.66. The van der Waals surface area contributed by atoms with Crippen molar-refractivity contribution in [3.8, 4) is 10.6 Å². The lowest BCUT2D eigenvalue weighted by molar-refractivity contribution is -0.119. The molecule has 0 fully saturated rings. The number of anilines is 2. The molecule has 0 aliphatic rings. The number of rotatable bonds is 7. The van der Waals surface area contributed by atoms with Crippen LogP contribution >= 0.6 is 22.9 Å². The van der Waals surface area contributed by atoms with Crippen LogP contribution in [-0.2, 0) is 4.79 Å². The van der Waals surface area contributed by atoms with Crippen molar-refractivity contribution in [1.29, 1.82) is 0 Å². The zero-order valence-electron chi connectivity index (χ0n) is 16.6. The molecule has 0 spiro atoms. The summed E-state index contributed by atoms with van der Waals surface area (Å²) in [4.78, 5) is 25.3. The Bertz CT molecular complexity index is 1010. The molecule has 0 aliphatic carbocycles. The summed E-state index contributed by atoms with van der Waals surface area (Å²) < 4.78 is 0. The van der Waals surface area contributed by atoms with Gasteiger partial charge in [-0.25, -0.2) is 4.79 Å². The van der Waals surface area contributed by atoms with Gasteiger partial charge in [0, 0.05) is 16.3 Å². The number of hydrogen-bond acceptors (Lipinski definition) is 5. The van der Waals surface area contributed by atoms with Gasteiger partial charge in [-0.1, -0.05) is 79.6 Å². The summed E-state index contributed by atoms with van der Waals surface area (Å²) in [7, 11) is 0. The van der Waals surface area contributed by atoms with Crippen LogP contribution in [0.1, 0.15) is 20.3 Å². The Morgan fingerprint density at radius 1 is 1.07 bits per heavy atom. The van der Waals surface area contributed by atoms with Crippen molar-refractivity contribution in [2.45, 2.75) is 26.3 Å². The van der Waals surface area contributed by atoms with Gasteiger partial charge in [-0.3, -0.25) is 10.1 Å². The van der Waals surface area contributed by atoms with Crippen LogP contribution in [0.2, 0.25) is 5.02 Å². The van der Waals surface area contributed by atoms with Gasteiger partial charge < -0.3 is 10.6 Å². The van der Waals surface area contributed by atoms with Crippen molar-refractivity contribution in [1.82, 2.24) is 15.5 Å². The zero-order chi connectivity index (χ0) is 21.5. The summed E-state index contributed by atoms with van der Waals surface area (Å²) in [5, 5.41) is 18.0. The maximum absolute atomic E-state index is 12.9. The third-order valence-electron chi connectivity index (χ3n) is 4.54. The van der Waals surface area contributed by atoms with Gasteiger partial charge in [0.05, 0.1) is 0 Å². The first-order valence-electron chi connectivity index (χ1n) is 9.49. The van der Waals surface area contributed by atoms with Gasteiger partial charge in [-0.2, -0.15) is 0 Å². The van der Waals surface area contributed by atoms with Crippen molar-refractivity contribution in [3.63, 3.8) is 0 Å². The minimum atomic E-state index is -0.738. The highest BCUT2D eigenvalue weighted by Gasteiger charge is 2.27. The van der Waals surface area contributed by atoms with Gasteiger partial charge in [0.1, 0.15) is 11.0 Å². The van der Waals surface area contributed by atoms with Crippen LogP contribution in [0.4, 0.5) is 15.6 Å². The van der Waals surface area contributed by atoms with Gasteiger partial charge in [0.15, 0.2) is 0 Å². The predicted molar refractivity (Wildman–Crippen MR) is 121 cm³/mol. The molecule has 7 nitrogen and oxygen atoms in total. The molecule has 0 saturated heterocycles. The van der Waals surface area contributed by atoms with Gasteiger partial charge in [0.2, 0.25) is 11.0 Å². The molecule has 1 heterocycles. The molecule has 9 heteroatoms. The first kappa shape index (κ1) is 21.7. The highest BCUT2D eigenvalue weighted by molar-refractivity contribution is 7.18. The molecule has 0 bridgehead atoms. The summed E-state index contributed by atoms with van der Waals surface area (Å²) in [5.74, 6) is -0.432. The average molecular weight is 444 g/mol. The number of carbonyl (C=O) groups is 2. The molecule has 3 N–H and O–H groups in total. The highest BCUT2D eigenvalue weighted by atomic mass is 35.5. The second-order valence-corrected chi connectivity index (χ2v) is 8.15. The number of carbonyl (C=O) groups excluding carboxylic acids is 2. The van der Waals surface area contributed by atoms with Crippen LogP contribution in [0.25, 0.3) is 10.6 Å². The Balaban J connectivity index is 1.67. The lowest BCUT2D eigenvalue weighted by Gasteiger charge is -2.23. The summed E-state index contributed by atoms with van der Waals surface area (Å²) in [5.41, 5.74) is 1.47. The Hall–Kier alpha value is -2.97. The number of nitrogens with one attached hydrogen (secondary N) is 3. The van der Waals surface area contributed by atoms with E-state index in [1.54, 1.807) is 24.3 Å². The van der Waals surface area contributed by atoms with Crippen LogP contribution < -0.4 is 16.0 Å². The van der Waals surface area contributed by atoms with E-state index >= 15 is 0 Å². The van der Waals surface area contributed by atoms with Crippen molar-refractivity contribution in [2.75, 3.05) is 10.6 Å². The Morgan fingerprint density at radius 3 is 2.53 bits per heavy atom. The number of halogens is 1. The van der Waals surface area contributed by atoms with Crippen LogP contribution in [0, 0.1) is 5.92 Å². The quantitative estimate of drug-likeness (QED) is 0.477. The van der Waals surface area contributed by atoms with Crippen LogP contribution in [0.15, 0.2) is 54.6 Å². The standard InChI is InChI=1S/C21H22ClN5O2S/c1-3-13(2)17(24-20(29)23-16-11-7-10-15(22)12-16)18(28)25-21-27-26-19(30-21)14-8-5-4-6-9-14/h4-13,17H,3H2,1-2H3,(H2,23,24,29)(H,25,27,28). The predicted octanol–water partition coefficient (Wildman–Crippen LogP) is 5.03. The zero-order valence-corrected chi connectivity index (χ0v) is 18.1. The van der Waals surface area contributed by atoms with Crippen molar-refractivity contribution in [2.24, 2.45) is 5.92 Å². The van der Waals surface area contributed by atoms with E-state index in [0.717, 1.165) is 5.56 Å². The van der Waals surface area contributed by atoms with Crippen molar-refractivity contribution < 1.29 is 9.59 Å². The van der Waals surface area contributed by atoms with Crippen LogP contribution in [-0.4, -0.2) is 28.2 Å². The summed E-state index contributed by atoms with van der Waals surface area (Å²) in [6.07, 6.45) is 0.709. The average Bonchev–Trinajstić information content (AvgIpc) is 3.20. The van der Waals surface area contributed by atoms with Crippen molar-refractivity contribution in [3.05, 3.63) is 59.6 Å². The molecule has 1 aromatic heterocycles. The topological polar surface area (TPSA) is 96.0 Å². The van der Waals surface area contributed by atoms with Crippen molar-refractivity contribution >= 4 is 45.7 Å². The third kappa shape index (κ3) is 5.77. The summed E-state index contributed by atoms with van der Waals surface area (Å²) in [6.45, 7) is 3.86. The molecule has 156 valence electrons. The SMILES string of the molecule is CCC(C)C(NC(=O)Nc1cccc(Cl)c1)C(=O)Nc1nnc(-c2ccccc2)s1. The van der Waals surface area contributed by atoms with E-state index < -0.39 is 12.1 Å². The fraction of sp³-hybridized carbons (Fsp3) is 0.238. The molecule has 2 aromatic carbocycles. The molecule has 0 saturated carbocycles. The molecule has 2 unspecified atom stereocenters. The molecule has 0 aliphatic heterocycles. The maximum atomic E-state index is 12.9. The Morgan fingerprint density at radius 2 is 1.83 bits per heavy atom. The van der Waals surface area contributed by atoms with E-state index in [9.17, 15) is 9.59 Å². The van der Waals surface area contributed by atoms with Crippen LogP contribution in [0.3, 0.4) is 0 Å². The van der Waals surface area contributed by atoms with Gasteiger partial charge in [0.25, 0.3) is 0 Å². The number of aromatic nitrogens is 2. The molecule has 2 atom stereocenters. The fourth-order valence-electron chi connectivity index (χ4n) is 2.73. The highest BCUT2D eigenvalue weighted by Crippen LogP contribution is 2.26. The Labute approximate surface area is 183 Å². The monoisotopic (exact) mass is 443 g/mol. The van der Waals surface area contributed by atoms with E-state index in [-0.39, 0.29) is 11.8 Å². The Kier molecular flexibility index (Phi) is 7.37. The second kappa shape index (κ2) is 10.2. The molecule has 3 aromatic rings. The number of urea groups is 1. The summed E-state index contributed by atoms with van der Waals surface area (Å²) >= 11 is 7.22. The molecule has 0 radical (unpaired) electrons. The fourth-order valence-corrected chi connectivity index (χ4v) is 3.67. The molecular weight excluding hydrogens is 422 g/mol. The lowest BCUT2D eigenvalue weighted by atomic mass is 9.98. The lowest BCUT2D eigenvalue weighted by Crippen LogP contribution is -2.49. The first-order chi connectivity index (χ1) is 14.5. The molecule has 3 rings (SSSR count). The van der Waals surface area contributed by atoms with E-state index in [1.807, 2.05) is 44.2 Å². The van der Waals surface area contributed by atoms with E-state index in [1.165, 1.54) is 11.3 Å². The second-order valence-electron chi connectivity index (χ2n) is 6.74. The largest absolute Gasteiger partial charge is 0.326 e.